The Labute approximate surface area is 133 Å². The Hall–Kier alpha value is -0.710. The topological polar surface area (TPSA) is 34.4 Å². The molecule has 0 amide bonds. The highest BCUT2D eigenvalue weighted by atomic mass is 79.9. The van der Waals surface area contributed by atoms with Crippen molar-refractivity contribution in [1.82, 2.24) is 5.32 Å². The van der Waals surface area contributed by atoms with Crippen LogP contribution in [-0.4, -0.2) is 20.2 Å². The van der Waals surface area contributed by atoms with Gasteiger partial charge >= 0.3 is 0 Å². The van der Waals surface area contributed by atoms with E-state index in [1.807, 2.05) is 12.1 Å². The van der Waals surface area contributed by atoms with Crippen LogP contribution < -0.4 is 10.1 Å². The van der Waals surface area contributed by atoms with Crippen LogP contribution in [0.3, 0.4) is 0 Å². The summed E-state index contributed by atoms with van der Waals surface area (Å²) in [4.78, 5) is 0. The quantitative estimate of drug-likeness (QED) is 0.868. The highest BCUT2D eigenvalue weighted by Crippen LogP contribution is 2.39. The number of furan rings is 1. The molecule has 0 atom stereocenters. The molecular weight excluding hydrogens is 342 g/mol. The van der Waals surface area contributed by atoms with Crippen LogP contribution >= 0.6 is 28.3 Å². The monoisotopic (exact) mass is 359 g/mol. The minimum Gasteiger partial charge on any atom is -0.497 e. The van der Waals surface area contributed by atoms with Crippen molar-refractivity contribution >= 4 is 39.3 Å². The fraction of sp³-hybridized carbons (Fsp3) is 0.467. The molecule has 20 heavy (non-hydrogen) atoms. The SMILES string of the molecule is COc1cc(Br)c2oc(C3(C)CCNCC3)cc2c1.Cl. The highest BCUT2D eigenvalue weighted by Gasteiger charge is 2.32. The van der Waals surface area contributed by atoms with Crippen molar-refractivity contribution in [2.75, 3.05) is 20.2 Å². The van der Waals surface area contributed by atoms with Crippen LogP contribution in [0.4, 0.5) is 0 Å². The number of rotatable bonds is 2. The normalized spacial score (nSPS) is 17.8. The second kappa shape index (κ2) is 5.96. The zero-order valence-corrected chi connectivity index (χ0v) is 14.1. The molecule has 0 unspecified atom stereocenters. The Balaban J connectivity index is 0.00000147. The van der Waals surface area contributed by atoms with E-state index in [9.17, 15) is 0 Å². The van der Waals surface area contributed by atoms with E-state index < -0.39 is 0 Å². The van der Waals surface area contributed by atoms with E-state index in [0.717, 1.165) is 52.9 Å². The molecule has 1 N–H and O–H groups in total. The summed E-state index contributed by atoms with van der Waals surface area (Å²) in [5.74, 6) is 1.93. The molecule has 0 aliphatic carbocycles. The molecule has 1 saturated heterocycles. The average Bonchev–Trinajstić information content (AvgIpc) is 2.85. The first-order valence-electron chi connectivity index (χ1n) is 6.61. The number of nitrogens with one attached hydrogen (secondary N) is 1. The number of methoxy groups -OCH3 is 1. The largest absolute Gasteiger partial charge is 0.497 e. The van der Waals surface area contributed by atoms with Crippen LogP contribution in [0.15, 0.2) is 27.1 Å². The highest BCUT2D eigenvalue weighted by molar-refractivity contribution is 9.10. The van der Waals surface area contributed by atoms with Gasteiger partial charge in [-0.2, -0.15) is 0 Å². The van der Waals surface area contributed by atoms with Crippen molar-refractivity contribution in [2.45, 2.75) is 25.2 Å². The average molecular weight is 361 g/mol. The molecule has 0 radical (unpaired) electrons. The first-order valence-corrected chi connectivity index (χ1v) is 7.40. The number of hydrogen-bond acceptors (Lipinski definition) is 3. The van der Waals surface area contributed by atoms with Crippen molar-refractivity contribution in [2.24, 2.45) is 0 Å². The molecule has 1 fully saturated rings. The van der Waals surface area contributed by atoms with Crippen LogP contribution in [0.5, 0.6) is 5.75 Å². The third kappa shape index (κ3) is 2.69. The van der Waals surface area contributed by atoms with Gasteiger partial charge in [-0.25, -0.2) is 0 Å². The van der Waals surface area contributed by atoms with Crippen LogP contribution in [0.2, 0.25) is 0 Å². The van der Waals surface area contributed by atoms with E-state index in [1.165, 1.54) is 0 Å². The molecule has 0 saturated carbocycles. The van der Waals surface area contributed by atoms with Gasteiger partial charge in [0.15, 0.2) is 0 Å². The van der Waals surface area contributed by atoms with E-state index in [0.29, 0.717) is 0 Å². The zero-order chi connectivity index (χ0) is 13.5. The van der Waals surface area contributed by atoms with Gasteiger partial charge in [0.05, 0.1) is 11.6 Å². The first-order chi connectivity index (χ1) is 9.12. The third-order valence-corrected chi connectivity index (χ3v) is 4.67. The van der Waals surface area contributed by atoms with Crippen LogP contribution in [0, 0.1) is 0 Å². The standard InChI is InChI=1S/C15H18BrNO2.ClH/c1-15(3-5-17-6-4-15)13-8-10-7-11(18-2)9-12(16)14(10)19-13;/h7-9,17H,3-6H2,1-2H3;1H. The zero-order valence-electron chi connectivity index (χ0n) is 11.7. The van der Waals surface area contributed by atoms with Crippen LogP contribution in [0.1, 0.15) is 25.5 Å². The van der Waals surface area contributed by atoms with E-state index in [1.54, 1.807) is 7.11 Å². The number of piperidine rings is 1. The summed E-state index contributed by atoms with van der Waals surface area (Å²) < 4.78 is 12.4. The van der Waals surface area contributed by atoms with Gasteiger partial charge in [-0.05, 0) is 60.1 Å². The Morgan fingerprint density at radius 3 is 2.60 bits per heavy atom. The molecule has 3 nitrogen and oxygen atoms in total. The summed E-state index contributed by atoms with van der Waals surface area (Å²) in [6.07, 6.45) is 2.23. The fourth-order valence-corrected chi connectivity index (χ4v) is 3.26. The first kappa shape index (κ1) is 15.7. The molecular formula is C15H19BrClNO2. The molecule has 2 aromatic rings. The lowest BCUT2D eigenvalue weighted by Gasteiger charge is -2.31. The lowest BCUT2D eigenvalue weighted by molar-refractivity contribution is 0.285. The molecule has 1 aliphatic rings. The molecule has 3 rings (SSSR count). The molecule has 2 heterocycles. The minimum atomic E-state index is 0. The summed E-state index contributed by atoms with van der Waals surface area (Å²) in [5, 5.41) is 4.50. The van der Waals surface area contributed by atoms with Gasteiger partial charge in [-0.15, -0.1) is 12.4 Å². The third-order valence-electron chi connectivity index (χ3n) is 4.08. The van der Waals surface area contributed by atoms with Crippen LogP contribution in [-0.2, 0) is 5.41 Å². The number of ether oxygens (including phenoxy) is 1. The number of halogens is 2. The maximum atomic E-state index is 6.11. The van der Waals surface area contributed by atoms with E-state index >= 15 is 0 Å². The molecule has 0 spiro atoms. The summed E-state index contributed by atoms with van der Waals surface area (Å²) in [5.41, 5.74) is 1.05. The molecule has 0 bridgehead atoms. The molecule has 5 heteroatoms. The molecule has 1 aromatic heterocycles. The van der Waals surface area contributed by atoms with Gasteiger partial charge in [0.1, 0.15) is 17.1 Å². The van der Waals surface area contributed by atoms with Crippen molar-refractivity contribution in [3.05, 3.63) is 28.4 Å². The van der Waals surface area contributed by atoms with Gasteiger partial charge in [0, 0.05) is 10.8 Å². The van der Waals surface area contributed by atoms with E-state index in [4.69, 9.17) is 9.15 Å². The lowest BCUT2D eigenvalue weighted by Crippen LogP contribution is -2.37. The van der Waals surface area contributed by atoms with Gasteiger partial charge in [0.2, 0.25) is 0 Å². The second-order valence-corrected chi connectivity index (χ2v) is 6.30. The maximum absolute atomic E-state index is 6.11. The Bertz CT molecular complexity index is 605. The van der Waals surface area contributed by atoms with Crippen molar-refractivity contribution in [3.8, 4) is 5.75 Å². The van der Waals surface area contributed by atoms with Gasteiger partial charge in [0.25, 0.3) is 0 Å². The maximum Gasteiger partial charge on any atom is 0.148 e. The van der Waals surface area contributed by atoms with Gasteiger partial charge in [-0.1, -0.05) is 6.92 Å². The predicted octanol–water partition coefficient (Wildman–Crippen LogP) is 4.27. The summed E-state index contributed by atoms with van der Waals surface area (Å²) in [6.45, 7) is 4.40. The molecule has 1 aliphatic heterocycles. The second-order valence-electron chi connectivity index (χ2n) is 5.45. The van der Waals surface area contributed by atoms with Crippen molar-refractivity contribution < 1.29 is 9.15 Å². The summed E-state index contributed by atoms with van der Waals surface area (Å²) in [6, 6.07) is 6.13. The number of hydrogen-bond donors (Lipinski definition) is 1. The molecule has 1 aromatic carbocycles. The summed E-state index contributed by atoms with van der Waals surface area (Å²) in [7, 11) is 1.68. The van der Waals surface area contributed by atoms with Crippen molar-refractivity contribution in [3.63, 3.8) is 0 Å². The minimum absolute atomic E-state index is 0. The van der Waals surface area contributed by atoms with Gasteiger partial charge in [-0.3, -0.25) is 0 Å². The van der Waals surface area contributed by atoms with E-state index in [2.05, 4.69) is 34.2 Å². The Kier molecular flexibility index (Phi) is 4.67. The smallest absolute Gasteiger partial charge is 0.148 e. The summed E-state index contributed by atoms with van der Waals surface area (Å²) >= 11 is 3.56. The number of benzene rings is 1. The Morgan fingerprint density at radius 2 is 1.95 bits per heavy atom. The number of fused-ring (bicyclic) bond motifs is 1. The predicted molar refractivity (Wildman–Crippen MR) is 87.2 cm³/mol. The van der Waals surface area contributed by atoms with Crippen LogP contribution in [0.25, 0.3) is 11.0 Å². The molecule has 110 valence electrons. The lowest BCUT2D eigenvalue weighted by atomic mass is 9.79. The van der Waals surface area contributed by atoms with Crippen molar-refractivity contribution in [1.29, 1.82) is 0 Å². The Morgan fingerprint density at radius 1 is 1.25 bits per heavy atom. The fourth-order valence-electron chi connectivity index (χ4n) is 2.72. The van der Waals surface area contributed by atoms with E-state index in [-0.39, 0.29) is 17.8 Å². The van der Waals surface area contributed by atoms with Gasteiger partial charge < -0.3 is 14.5 Å².